The Balaban J connectivity index is 1.93. The number of anilines is 1. The number of β-amino-alcohol motifs (C(OH)–C–C–N with tert-alkyl or cyclic N) is 1. The number of hydrogen-bond acceptors (Lipinski definition) is 7. The molecule has 5 N–H and O–H groups in total. The minimum absolute atomic E-state index is 0.194. The molecule has 0 saturated heterocycles. The third kappa shape index (κ3) is 6.49. The van der Waals surface area contributed by atoms with Gasteiger partial charge in [0.1, 0.15) is 11.8 Å². The fourth-order valence-electron chi connectivity index (χ4n) is 2.75. The largest absolute Gasteiger partial charge is 0.497 e. The number of hydrogen-bond donors (Lipinski definition) is 5. The van der Waals surface area contributed by atoms with Gasteiger partial charge in [-0.15, -0.1) is 11.8 Å². The van der Waals surface area contributed by atoms with Gasteiger partial charge in [-0.1, -0.05) is 0 Å². The predicted octanol–water partition coefficient (Wildman–Crippen LogP) is 0.153. The van der Waals surface area contributed by atoms with Crippen LogP contribution in [0.1, 0.15) is 13.8 Å². The van der Waals surface area contributed by atoms with Crippen LogP contribution in [0, 0.1) is 0 Å². The molecule has 10 heteroatoms. The zero-order valence-corrected chi connectivity index (χ0v) is 18.0. The lowest BCUT2D eigenvalue weighted by molar-refractivity contribution is -0.119. The molecule has 0 spiro atoms. The van der Waals surface area contributed by atoms with E-state index < -0.39 is 23.7 Å². The van der Waals surface area contributed by atoms with Crippen LogP contribution in [0.2, 0.25) is 0 Å². The minimum Gasteiger partial charge on any atom is -0.497 e. The lowest BCUT2D eigenvalue weighted by atomic mass is 10.1. The van der Waals surface area contributed by atoms with Crippen LogP contribution in [0.25, 0.3) is 0 Å². The SMILES string of the molecule is COc1ccc2c(c1)SC[C@@H](NC(=O)NCC(C)(C)NC[C@H](O)CO)C(=O)N2C. The second-order valence-electron chi connectivity index (χ2n) is 7.52. The Morgan fingerprint density at radius 2 is 2.17 bits per heavy atom. The highest BCUT2D eigenvalue weighted by Crippen LogP contribution is 2.36. The summed E-state index contributed by atoms with van der Waals surface area (Å²) in [6, 6.07) is 4.39. The molecule has 0 saturated carbocycles. The number of nitrogens with zero attached hydrogens (tertiary/aromatic N) is 1. The van der Waals surface area contributed by atoms with Gasteiger partial charge >= 0.3 is 6.03 Å². The number of ether oxygens (including phenoxy) is 1. The number of carbonyl (C=O) groups excluding carboxylic acids is 2. The number of rotatable bonds is 8. The lowest BCUT2D eigenvalue weighted by Gasteiger charge is -2.28. The Labute approximate surface area is 175 Å². The number of aliphatic hydroxyl groups is 2. The van der Waals surface area contributed by atoms with Gasteiger partial charge in [0, 0.05) is 36.3 Å². The van der Waals surface area contributed by atoms with Crippen molar-refractivity contribution in [3.8, 4) is 5.75 Å². The fraction of sp³-hybridized carbons (Fsp3) is 0.579. The van der Waals surface area contributed by atoms with Gasteiger partial charge in [0.05, 0.1) is 25.5 Å². The standard InChI is InChI=1S/C19H30N4O5S/c1-19(2,21-8-12(25)9-24)11-20-18(27)22-14-10-29-16-7-13(28-4)5-6-15(16)23(3)17(14)26/h5-7,12,14,21,24-25H,8-11H2,1-4H3,(H2,20,22,27)/t12-,14+/m0/s1. The van der Waals surface area contributed by atoms with Crippen LogP contribution in [0.5, 0.6) is 5.75 Å². The van der Waals surface area contributed by atoms with E-state index in [0.717, 1.165) is 10.6 Å². The van der Waals surface area contributed by atoms with Gasteiger partial charge in [0.15, 0.2) is 0 Å². The molecule has 3 amide bonds. The second kappa shape index (κ2) is 10.1. The first-order chi connectivity index (χ1) is 13.7. The molecule has 29 heavy (non-hydrogen) atoms. The molecule has 2 atom stereocenters. The highest BCUT2D eigenvalue weighted by atomic mass is 32.2. The number of fused-ring (bicyclic) bond motifs is 1. The quantitative estimate of drug-likeness (QED) is 0.401. The molecule has 1 aliphatic heterocycles. The zero-order valence-electron chi connectivity index (χ0n) is 17.2. The van der Waals surface area contributed by atoms with Crippen molar-refractivity contribution in [1.82, 2.24) is 16.0 Å². The van der Waals surface area contributed by atoms with E-state index in [0.29, 0.717) is 11.5 Å². The van der Waals surface area contributed by atoms with E-state index >= 15 is 0 Å². The van der Waals surface area contributed by atoms with Crippen molar-refractivity contribution in [1.29, 1.82) is 0 Å². The summed E-state index contributed by atoms with van der Waals surface area (Å²) in [6.07, 6.45) is -0.862. The first-order valence-electron chi connectivity index (χ1n) is 9.33. The molecule has 2 rings (SSSR count). The van der Waals surface area contributed by atoms with Gasteiger partial charge in [-0.05, 0) is 32.0 Å². The molecule has 1 aliphatic rings. The van der Waals surface area contributed by atoms with Crippen molar-refractivity contribution in [2.24, 2.45) is 0 Å². The number of aliphatic hydroxyl groups excluding tert-OH is 2. The second-order valence-corrected chi connectivity index (χ2v) is 8.58. The number of thioether (sulfide) groups is 1. The maximum Gasteiger partial charge on any atom is 0.315 e. The normalized spacial score (nSPS) is 17.9. The van der Waals surface area contributed by atoms with Crippen molar-refractivity contribution in [3.63, 3.8) is 0 Å². The van der Waals surface area contributed by atoms with Crippen LogP contribution in [-0.2, 0) is 4.79 Å². The molecule has 1 heterocycles. The van der Waals surface area contributed by atoms with Crippen molar-refractivity contribution in [2.45, 2.75) is 36.4 Å². The minimum atomic E-state index is -0.862. The third-order valence-corrected chi connectivity index (χ3v) is 5.72. The zero-order chi connectivity index (χ0) is 21.6. The predicted molar refractivity (Wildman–Crippen MR) is 113 cm³/mol. The lowest BCUT2D eigenvalue weighted by Crippen LogP contribution is -2.56. The van der Waals surface area contributed by atoms with Crippen molar-refractivity contribution >= 4 is 29.4 Å². The highest BCUT2D eigenvalue weighted by Gasteiger charge is 2.30. The molecule has 162 valence electrons. The molecular weight excluding hydrogens is 396 g/mol. The molecule has 0 radical (unpaired) electrons. The molecule has 1 aromatic carbocycles. The molecular formula is C19H30N4O5S. The van der Waals surface area contributed by atoms with Gasteiger partial charge in [0.2, 0.25) is 5.91 Å². The van der Waals surface area contributed by atoms with Gasteiger partial charge in [-0.3, -0.25) is 4.79 Å². The van der Waals surface area contributed by atoms with E-state index in [2.05, 4.69) is 16.0 Å². The van der Waals surface area contributed by atoms with Crippen molar-refractivity contribution in [2.75, 3.05) is 44.5 Å². The Morgan fingerprint density at radius 3 is 2.83 bits per heavy atom. The van der Waals surface area contributed by atoms with Crippen molar-refractivity contribution < 1.29 is 24.5 Å². The summed E-state index contributed by atoms with van der Waals surface area (Å²) in [5.41, 5.74) is 0.275. The number of carbonyl (C=O) groups is 2. The van der Waals surface area contributed by atoms with E-state index in [1.807, 2.05) is 26.0 Å². The summed E-state index contributed by atoms with van der Waals surface area (Å²) in [5, 5.41) is 26.9. The third-order valence-electron chi connectivity index (χ3n) is 4.59. The first-order valence-corrected chi connectivity index (χ1v) is 10.3. The Kier molecular flexibility index (Phi) is 8.14. The van der Waals surface area contributed by atoms with Crippen molar-refractivity contribution in [3.05, 3.63) is 18.2 Å². The van der Waals surface area contributed by atoms with Gasteiger partial charge in [-0.25, -0.2) is 4.79 Å². The monoisotopic (exact) mass is 426 g/mol. The first kappa shape index (κ1) is 23.3. The van der Waals surface area contributed by atoms with Crippen LogP contribution in [-0.4, -0.2) is 79.4 Å². The Bertz CT molecular complexity index is 731. The summed E-state index contributed by atoms with van der Waals surface area (Å²) >= 11 is 1.49. The van der Waals surface area contributed by atoms with Crippen LogP contribution in [0.4, 0.5) is 10.5 Å². The van der Waals surface area contributed by atoms with Crippen LogP contribution < -0.4 is 25.6 Å². The summed E-state index contributed by atoms with van der Waals surface area (Å²) < 4.78 is 5.25. The van der Waals surface area contributed by atoms with E-state index in [1.165, 1.54) is 11.8 Å². The molecule has 0 bridgehead atoms. The maximum absolute atomic E-state index is 12.8. The number of likely N-dealkylation sites (N-methyl/N-ethyl adjacent to an activating group) is 1. The number of nitrogens with one attached hydrogen (secondary N) is 3. The molecule has 0 unspecified atom stereocenters. The summed E-state index contributed by atoms with van der Waals surface area (Å²) in [5.74, 6) is 0.920. The average molecular weight is 427 g/mol. The topological polar surface area (TPSA) is 123 Å². The van der Waals surface area contributed by atoms with Crippen LogP contribution >= 0.6 is 11.8 Å². The van der Waals surface area contributed by atoms with E-state index in [-0.39, 0.29) is 25.6 Å². The summed E-state index contributed by atoms with van der Waals surface area (Å²) in [6.45, 7) is 3.87. The Hall–Kier alpha value is -2.01. The average Bonchev–Trinajstić information content (AvgIpc) is 2.82. The molecule has 0 aromatic heterocycles. The van der Waals surface area contributed by atoms with E-state index in [4.69, 9.17) is 9.84 Å². The van der Waals surface area contributed by atoms with E-state index in [1.54, 1.807) is 25.1 Å². The van der Waals surface area contributed by atoms with Gasteiger partial charge in [-0.2, -0.15) is 0 Å². The highest BCUT2D eigenvalue weighted by molar-refractivity contribution is 7.99. The van der Waals surface area contributed by atoms with E-state index in [9.17, 15) is 14.7 Å². The number of amides is 3. The number of methoxy groups -OCH3 is 1. The molecule has 0 aliphatic carbocycles. The number of urea groups is 1. The van der Waals surface area contributed by atoms with Gasteiger partial charge in [0.25, 0.3) is 0 Å². The number of benzene rings is 1. The molecule has 9 nitrogen and oxygen atoms in total. The maximum atomic E-state index is 12.8. The summed E-state index contributed by atoms with van der Waals surface area (Å²) in [4.78, 5) is 27.6. The Morgan fingerprint density at radius 1 is 1.45 bits per heavy atom. The molecule has 0 fully saturated rings. The summed E-state index contributed by atoms with van der Waals surface area (Å²) in [7, 11) is 3.28. The smallest absolute Gasteiger partial charge is 0.315 e. The van der Waals surface area contributed by atoms with Crippen LogP contribution in [0.3, 0.4) is 0 Å². The van der Waals surface area contributed by atoms with Gasteiger partial charge < -0.3 is 35.8 Å². The van der Waals surface area contributed by atoms with Crippen LogP contribution in [0.15, 0.2) is 23.1 Å². The fourth-order valence-corrected chi connectivity index (χ4v) is 3.87. The molecule has 1 aromatic rings.